The van der Waals surface area contributed by atoms with Crippen molar-refractivity contribution in [1.82, 2.24) is 0 Å². The number of rotatable bonds is 5. The van der Waals surface area contributed by atoms with Crippen molar-refractivity contribution in [3.8, 4) is 0 Å². The summed E-state index contributed by atoms with van der Waals surface area (Å²) in [6, 6.07) is 13.0. The molecule has 0 bridgehead atoms. The van der Waals surface area contributed by atoms with Gasteiger partial charge in [-0.3, -0.25) is 4.79 Å². The summed E-state index contributed by atoms with van der Waals surface area (Å²) in [7, 11) is 0. The summed E-state index contributed by atoms with van der Waals surface area (Å²) in [4.78, 5) is 11.7. The van der Waals surface area contributed by atoms with E-state index in [0.717, 1.165) is 10.8 Å². The Bertz CT molecular complexity index is 620. The zero-order valence-corrected chi connectivity index (χ0v) is 11.1. The van der Waals surface area contributed by atoms with Gasteiger partial charge < -0.3 is 10.1 Å². The number of carbonyl (C=O) groups excluding carboxylic acids is 1. The van der Waals surface area contributed by atoms with Crippen LogP contribution in [0.4, 0.5) is 18.9 Å². The number of hydrogen-bond donors (Lipinski definition) is 1. The molecule has 0 unspecified atom stereocenters. The van der Waals surface area contributed by atoms with Gasteiger partial charge in [0.2, 0.25) is 5.91 Å². The number of nitrogens with one attached hydrogen (secondary N) is 1. The molecule has 0 saturated heterocycles. The van der Waals surface area contributed by atoms with Gasteiger partial charge >= 0.3 is 6.18 Å². The Balaban J connectivity index is 1.90. The van der Waals surface area contributed by atoms with Crippen LogP contribution in [0.25, 0.3) is 10.8 Å². The van der Waals surface area contributed by atoms with Crippen LogP contribution in [-0.2, 0) is 9.53 Å². The maximum absolute atomic E-state index is 11.9. The van der Waals surface area contributed by atoms with E-state index in [0.29, 0.717) is 5.69 Å². The summed E-state index contributed by atoms with van der Waals surface area (Å²) in [5.74, 6) is -0.381. The van der Waals surface area contributed by atoms with Gasteiger partial charge in [0.1, 0.15) is 6.61 Å². The topological polar surface area (TPSA) is 38.3 Å². The van der Waals surface area contributed by atoms with Crippen LogP contribution in [0, 0.1) is 0 Å². The van der Waals surface area contributed by atoms with Gasteiger partial charge in [-0.15, -0.1) is 0 Å². The first-order valence-electron chi connectivity index (χ1n) is 6.38. The lowest BCUT2D eigenvalue weighted by atomic mass is 10.1. The van der Waals surface area contributed by atoms with E-state index in [1.807, 2.05) is 30.3 Å². The number of hydrogen-bond acceptors (Lipinski definition) is 2. The van der Waals surface area contributed by atoms with Crippen molar-refractivity contribution in [2.45, 2.75) is 12.6 Å². The van der Waals surface area contributed by atoms with Crippen LogP contribution in [0.5, 0.6) is 0 Å². The highest BCUT2D eigenvalue weighted by Crippen LogP contribution is 2.23. The number of carbonyl (C=O) groups is 1. The number of halogens is 3. The fraction of sp³-hybridized carbons (Fsp3) is 0.267. The van der Waals surface area contributed by atoms with Crippen LogP contribution in [-0.4, -0.2) is 25.3 Å². The molecule has 2 aromatic carbocycles. The van der Waals surface area contributed by atoms with Crippen molar-refractivity contribution in [2.75, 3.05) is 18.5 Å². The fourth-order valence-electron chi connectivity index (χ4n) is 1.90. The van der Waals surface area contributed by atoms with Crippen LogP contribution in [0.1, 0.15) is 6.42 Å². The predicted octanol–water partition coefficient (Wildman–Crippen LogP) is 3.75. The van der Waals surface area contributed by atoms with Crippen LogP contribution < -0.4 is 5.32 Å². The van der Waals surface area contributed by atoms with E-state index in [1.165, 1.54) is 0 Å². The largest absolute Gasteiger partial charge is 0.411 e. The third kappa shape index (κ3) is 4.75. The quantitative estimate of drug-likeness (QED) is 0.854. The fourth-order valence-corrected chi connectivity index (χ4v) is 1.90. The van der Waals surface area contributed by atoms with Crippen molar-refractivity contribution >= 4 is 22.4 Å². The second-order valence-corrected chi connectivity index (χ2v) is 4.49. The smallest absolute Gasteiger partial charge is 0.372 e. The molecule has 3 nitrogen and oxygen atoms in total. The molecule has 0 fully saturated rings. The normalized spacial score (nSPS) is 11.6. The maximum Gasteiger partial charge on any atom is 0.411 e. The molecular formula is C15H14F3NO2. The van der Waals surface area contributed by atoms with Crippen molar-refractivity contribution in [3.05, 3.63) is 42.5 Å². The van der Waals surface area contributed by atoms with Gasteiger partial charge in [-0.2, -0.15) is 13.2 Å². The number of benzene rings is 2. The summed E-state index contributed by atoms with van der Waals surface area (Å²) in [5, 5.41) is 4.54. The van der Waals surface area contributed by atoms with E-state index >= 15 is 0 Å². The van der Waals surface area contributed by atoms with Gasteiger partial charge in [-0.1, -0.05) is 36.4 Å². The molecule has 0 spiro atoms. The highest BCUT2D eigenvalue weighted by atomic mass is 19.4. The van der Waals surface area contributed by atoms with Crippen molar-refractivity contribution < 1.29 is 22.7 Å². The van der Waals surface area contributed by atoms with Gasteiger partial charge in [0.15, 0.2) is 0 Å². The molecular weight excluding hydrogens is 283 g/mol. The van der Waals surface area contributed by atoms with E-state index in [4.69, 9.17) is 0 Å². The molecule has 0 aliphatic heterocycles. The highest BCUT2D eigenvalue weighted by molar-refractivity contribution is 6.02. The summed E-state index contributed by atoms with van der Waals surface area (Å²) in [6.07, 6.45) is -4.49. The molecule has 2 aromatic rings. The molecule has 1 N–H and O–H groups in total. The van der Waals surface area contributed by atoms with E-state index in [1.54, 1.807) is 12.1 Å². The third-order valence-corrected chi connectivity index (χ3v) is 2.80. The van der Waals surface area contributed by atoms with Crippen LogP contribution >= 0.6 is 0 Å². The molecule has 0 heterocycles. The van der Waals surface area contributed by atoms with Crippen molar-refractivity contribution in [1.29, 1.82) is 0 Å². The minimum Gasteiger partial charge on any atom is -0.372 e. The average Bonchev–Trinajstić information content (AvgIpc) is 2.43. The van der Waals surface area contributed by atoms with Crippen molar-refractivity contribution in [2.24, 2.45) is 0 Å². The predicted molar refractivity (Wildman–Crippen MR) is 74.1 cm³/mol. The average molecular weight is 297 g/mol. The SMILES string of the molecule is O=C(CCOCC(F)(F)F)Nc1cccc2ccccc12. The van der Waals surface area contributed by atoms with E-state index < -0.39 is 12.8 Å². The van der Waals surface area contributed by atoms with Crippen LogP contribution in [0.3, 0.4) is 0 Å². The third-order valence-electron chi connectivity index (χ3n) is 2.80. The maximum atomic E-state index is 11.9. The highest BCUT2D eigenvalue weighted by Gasteiger charge is 2.27. The molecule has 6 heteroatoms. The second-order valence-electron chi connectivity index (χ2n) is 4.49. The zero-order valence-electron chi connectivity index (χ0n) is 11.1. The number of anilines is 1. The monoisotopic (exact) mass is 297 g/mol. The molecule has 0 atom stereocenters. The minimum absolute atomic E-state index is 0.126. The Morgan fingerprint density at radius 2 is 1.81 bits per heavy atom. The molecule has 0 aromatic heterocycles. The lowest BCUT2D eigenvalue weighted by molar-refractivity contribution is -0.174. The van der Waals surface area contributed by atoms with E-state index in [9.17, 15) is 18.0 Å². The summed E-state index contributed by atoms with van der Waals surface area (Å²) in [6.45, 7) is -1.61. The molecule has 112 valence electrons. The summed E-state index contributed by atoms with van der Waals surface area (Å²) >= 11 is 0. The van der Waals surface area contributed by atoms with Gasteiger partial charge in [0.25, 0.3) is 0 Å². The first kappa shape index (κ1) is 15.3. The van der Waals surface area contributed by atoms with Gasteiger partial charge in [0, 0.05) is 11.1 Å². The van der Waals surface area contributed by atoms with Gasteiger partial charge in [-0.05, 0) is 11.5 Å². The van der Waals surface area contributed by atoms with Crippen molar-refractivity contribution in [3.63, 3.8) is 0 Å². The Morgan fingerprint density at radius 3 is 2.57 bits per heavy atom. The Hall–Kier alpha value is -2.08. The minimum atomic E-state index is -4.37. The lowest BCUT2D eigenvalue weighted by Gasteiger charge is -2.10. The van der Waals surface area contributed by atoms with Crippen LogP contribution in [0.15, 0.2) is 42.5 Å². The molecule has 21 heavy (non-hydrogen) atoms. The Morgan fingerprint density at radius 1 is 1.10 bits per heavy atom. The molecule has 0 aliphatic rings. The summed E-state index contributed by atoms with van der Waals surface area (Å²) in [5.41, 5.74) is 0.633. The zero-order chi connectivity index (χ0) is 15.3. The number of alkyl halides is 3. The van der Waals surface area contributed by atoms with E-state index in [-0.39, 0.29) is 18.9 Å². The standard InChI is InChI=1S/C15H14F3NO2/c16-15(17,18)10-21-9-8-14(20)19-13-7-3-5-11-4-1-2-6-12(11)13/h1-7H,8-10H2,(H,19,20). The first-order valence-corrected chi connectivity index (χ1v) is 6.38. The molecule has 1 amide bonds. The molecule has 0 aliphatic carbocycles. The Kier molecular flexibility index (Phi) is 4.80. The second kappa shape index (κ2) is 6.58. The number of ether oxygens (including phenoxy) is 1. The molecule has 2 rings (SSSR count). The van der Waals surface area contributed by atoms with Gasteiger partial charge in [-0.25, -0.2) is 0 Å². The Labute approximate surface area is 119 Å². The lowest BCUT2D eigenvalue weighted by Crippen LogP contribution is -2.20. The van der Waals surface area contributed by atoms with Crippen LogP contribution in [0.2, 0.25) is 0 Å². The first-order chi connectivity index (χ1) is 9.96. The molecule has 0 saturated carbocycles. The summed E-state index contributed by atoms with van der Waals surface area (Å²) < 4.78 is 40.0. The van der Waals surface area contributed by atoms with E-state index in [2.05, 4.69) is 10.1 Å². The number of amides is 1. The van der Waals surface area contributed by atoms with Gasteiger partial charge in [0.05, 0.1) is 13.0 Å². The molecule has 0 radical (unpaired) electrons. The number of fused-ring (bicyclic) bond motifs is 1.